The van der Waals surface area contributed by atoms with Gasteiger partial charge in [0, 0.05) is 24.2 Å². The molecule has 0 amide bonds. The van der Waals surface area contributed by atoms with E-state index >= 15 is 0 Å². The lowest BCUT2D eigenvalue weighted by Crippen LogP contribution is -2.16. The zero-order valence-electron chi connectivity index (χ0n) is 12.8. The SMILES string of the molecule is COc1cc2c(-c3ccccc3)cn(C)c(=O)c2cc1OC. The van der Waals surface area contributed by atoms with Gasteiger partial charge in [-0.3, -0.25) is 4.79 Å². The fourth-order valence-electron chi connectivity index (χ4n) is 2.64. The third-order valence-electron chi connectivity index (χ3n) is 3.77. The van der Waals surface area contributed by atoms with E-state index in [9.17, 15) is 4.79 Å². The van der Waals surface area contributed by atoms with Gasteiger partial charge in [0.1, 0.15) is 0 Å². The van der Waals surface area contributed by atoms with Crippen molar-refractivity contribution in [3.8, 4) is 22.6 Å². The van der Waals surface area contributed by atoms with Crippen molar-refractivity contribution >= 4 is 10.8 Å². The molecule has 0 unspecified atom stereocenters. The van der Waals surface area contributed by atoms with Crippen molar-refractivity contribution in [2.24, 2.45) is 7.05 Å². The molecular formula is C18H17NO3. The van der Waals surface area contributed by atoms with Crippen molar-refractivity contribution in [1.29, 1.82) is 0 Å². The van der Waals surface area contributed by atoms with Gasteiger partial charge < -0.3 is 14.0 Å². The minimum absolute atomic E-state index is 0.0596. The Labute approximate surface area is 128 Å². The number of hydrogen-bond acceptors (Lipinski definition) is 3. The Morgan fingerprint density at radius 1 is 0.909 bits per heavy atom. The number of nitrogens with zero attached hydrogens (tertiary/aromatic N) is 1. The molecular weight excluding hydrogens is 278 g/mol. The molecule has 0 bridgehead atoms. The molecule has 0 aliphatic rings. The molecule has 4 nitrogen and oxygen atoms in total. The summed E-state index contributed by atoms with van der Waals surface area (Å²) in [5.41, 5.74) is 1.98. The Hall–Kier alpha value is -2.75. The lowest BCUT2D eigenvalue weighted by Gasteiger charge is -2.13. The van der Waals surface area contributed by atoms with E-state index < -0.39 is 0 Å². The van der Waals surface area contributed by atoms with Gasteiger partial charge in [0.25, 0.3) is 5.56 Å². The highest BCUT2D eigenvalue weighted by Crippen LogP contribution is 2.35. The standard InChI is InChI=1S/C18H17NO3/c1-19-11-15(12-7-5-4-6-8-12)13-9-16(21-2)17(22-3)10-14(13)18(19)20/h4-11H,1-3H3. The van der Waals surface area contributed by atoms with Gasteiger partial charge in [-0.15, -0.1) is 0 Å². The number of benzene rings is 2. The summed E-state index contributed by atoms with van der Waals surface area (Å²) in [7, 11) is 4.91. The predicted octanol–water partition coefficient (Wildman–Crippen LogP) is 3.22. The second kappa shape index (κ2) is 5.56. The average molecular weight is 295 g/mol. The Balaban J connectivity index is 2.43. The van der Waals surface area contributed by atoms with Crippen molar-refractivity contribution in [1.82, 2.24) is 4.57 Å². The quantitative estimate of drug-likeness (QED) is 0.745. The number of aromatic nitrogens is 1. The van der Waals surface area contributed by atoms with Gasteiger partial charge >= 0.3 is 0 Å². The molecule has 2 aromatic carbocycles. The lowest BCUT2D eigenvalue weighted by atomic mass is 10.00. The van der Waals surface area contributed by atoms with E-state index in [-0.39, 0.29) is 5.56 Å². The molecule has 0 fully saturated rings. The van der Waals surface area contributed by atoms with E-state index in [4.69, 9.17) is 9.47 Å². The summed E-state index contributed by atoms with van der Waals surface area (Å²) in [4.78, 5) is 12.4. The van der Waals surface area contributed by atoms with E-state index in [1.807, 2.05) is 42.6 Å². The summed E-state index contributed by atoms with van der Waals surface area (Å²) in [6.45, 7) is 0. The number of hydrogen-bond donors (Lipinski definition) is 0. The highest BCUT2D eigenvalue weighted by molar-refractivity contribution is 5.97. The number of ether oxygens (including phenoxy) is 2. The van der Waals surface area contributed by atoms with Crippen LogP contribution in [0, 0.1) is 0 Å². The highest BCUT2D eigenvalue weighted by Gasteiger charge is 2.13. The maximum absolute atomic E-state index is 12.4. The summed E-state index contributed by atoms with van der Waals surface area (Å²) in [6, 6.07) is 13.6. The molecule has 3 aromatic rings. The molecule has 4 heteroatoms. The van der Waals surface area contributed by atoms with Crippen molar-refractivity contribution in [3.05, 3.63) is 59.0 Å². The summed E-state index contributed by atoms with van der Waals surface area (Å²) in [5.74, 6) is 1.16. The molecule has 0 radical (unpaired) electrons. The molecule has 1 heterocycles. The van der Waals surface area contributed by atoms with Crippen LogP contribution in [0.4, 0.5) is 0 Å². The summed E-state index contributed by atoms with van der Waals surface area (Å²) in [6.07, 6.45) is 1.85. The van der Waals surface area contributed by atoms with Crippen LogP contribution in [0.5, 0.6) is 11.5 Å². The van der Waals surface area contributed by atoms with E-state index in [0.717, 1.165) is 16.5 Å². The summed E-state index contributed by atoms with van der Waals surface area (Å²) < 4.78 is 12.3. The molecule has 0 atom stereocenters. The van der Waals surface area contributed by atoms with E-state index in [1.165, 1.54) is 0 Å². The Kier molecular flexibility index (Phi) is 3.59. The molecule has 0 N–H and O–H groups in total. The molecule has 1 aromatic heterocycles. The van der Waals surface area contributed by atoms with Crippen LogP contribution in [-0.2, 0) is 7.05 Å². The molecule has 0 aliphatic heterocycles. The number of rotatable bonds is 3. The van der Waals surface area contributed by atoms with Crippen LogP contribution in [-0.4, -0.2) is 18.8 Å². The largest absolute Gasteiger partial charge is 0.493 e. The molecule has 3 rings (SSSR count). The maximum Gasteiger partial charge on any atom is 0.258 e. The first kappa shape index (κ1) is 14.2. The third kappa shape index (κ3) is 2.22. The molecule has 112 valence electrons. The first-order valence-electron chi connectivity index (χ1n) is 6.96. The van der Waals surface area contributed by atoms with Crippen molar-refractivity contribution < 1.29 is 9.47 Å². The fraction of sp³-hybridized carbons (Fsp3) is 0.167. The van der Waals surface area contributed by atoms with E-state index in [2.05, 4.69) is 0 Å². The Bertz CT molecular complexity index is 882. The molecule has 0 spiro atoms. The van der Waals surface area contributed by atoms with Crippen LogP contribution >= 0.6 is 0 Å². The van der Waals surface area contributed by atoms with Crippen LogP contribution in [0.1, 0.15) is 0 Å². The first-order chi connectivity index (χ1) is 10.7. The smallest absolute Gasteiger partial charge is 0.258 e. The van der Waals surface area contributed by atoms with Gasteiger partial charge in [-0.25, -0.2) is 0 Å². The van der Waals surface area contributed by atoms with Gasteiger partial charge in [0.2, 0.25) is 0 Å². The molecule has 22 heavy (non-hydrogen) atoms. The predicted molar refractivity (Wildman–Crippen MR) is 87.7 cm³/mol. The van der Waals surface area contributed by atoms with Gasteiger partial charge in [-0.2, -0.15) is 0 Å². The van der Waals surface area contributed by atoms with Gasteiger partial charge in [-0.05, 0) is 17.7 Å². The fourth-order valence-corrected chi connectivity index (χ4v) is 2.64. The normalized spacial score (nSPS) is 10.7. The topological polar surface area (TPSA) is 40.5 Å². The second-order valence-electron chi connectivity index (χ2n) is 5.08. The van der Waals surface area contributed by atoms with Gasteiger partial charge in [0.15, 0.2) is 11.5 Å². The summed E-state index contributed by atoms with van der Waals surface area (Å²) in [5, 5.41) is 1.47. The average Bonchev–Trinajstić information content (AvgIpc) is 2.57. The summed E-state index contributed by atoms with van der Waals surface area (Å²) >= 11 is 0. The number of methoxy groups -OCH3 is 2. The number of aryl methyl sites for hydroxylation is 1. The van der Waals surface area contributed by atoms with Gasteiger partial charge in [-0.1, -0.05) is 30.3 Å². The lowest BCUT2D eigenvalue weighted by molar-refractivity contribution is 0.356. The molecule has 0 saturated carbocycles. The molecule has 0 saturated heterocycles. The second-order valence-corrected chi connectivity index (χ2v) is 5.08. The minimum atomic E-state index is -0.0596. The maximum atomic E-state index is 12.4. The van der Waals surface area contributed by atoms with Crippen LogP contribution in [0.25, 0.3) is 21.9 Å². The van der Waals surface area contributed by atoms with E-state index in [0.29, 0.717) is 16.9 Å². The van der Waals surface area contributed by atoms with Crippen LogP contribution in [0.15, 0.2) is 53.5 Å². The first-order valence-corrected chi connectivity index (χ1v) is 6.96. The van der Waals surface area contributed by atoms with Gasteiger partial charge in [0.05, 0.1) is 19.6 Å². The molecule has 0 aliphatic carbocycles. The van der Waals surface area contributed by atoms with E-state index in [1.54, 1.807) is 31.9 Å². The third-order valence-corrected chi connectivity index (χ3v) is 3.77. The van der Waals surface area contributed by atoms with Crippen molar-refractivity contribution in [3.63, 3.8) is 0 Å². The van der Waals surface area contributed by atoms with Crippen molar-refractivity contribution in [2.45, 2.75) is 0 Å². The zero-order valence-corrected chi connectivity index (χ0v) is 12.8. The Morgan fingerprint density at radius 2 is 1.50 bits per heavy atom. The monoisotopic (exact) mass is 295 g/mol. The minimum Gasteiger partial charge on any atom is -0.493 e. The Morgan fingerprint density at radius 3 is 2.09 bits per heavy atom. The number of fused-ring (bicyclic) bond motifs is 1. The zero-order chi connectivity index (χ0) is 15.7. The number of pyridine rings is 1. The van der Waals surface area contributed by atoms with Crippen LogP contribution in [0.2, 0.25) is 0 Å². The highest BCUT2D eigenvalue weighted by atomic mass is 16.5. The van der Waals surface area contributed by atoms with Crippen LogP contribution in [0.3, 0.4) is 0 Å². The van der Waals surface area contributed by atoms with Crippen molar-refractivity contribution in [2.75, 3.05) is 14.2 Å². The van der Waals surface area contributed by atoms with Crippen LogP contribution < -0.4 is 15.0 Å².